The minimum Gasteiger partial charge on any atom is -0.316 e. The standard InChI is InChI=1S/C18H31N3/c1-4-16(5-2)21-9-8-15(20-21)12-18(19-3)17-11-13-6-7-14(17)10-13/h8-9,13-14,16-19H,4-7,10-12H2,1-3H3. The molecule has 2 saturated carbocycles. The van der Waals surface area contributed by atoms with Crippen LogP contribution in [0.25, 0.3) is 0 Å². The van der Waals surface area contributed by atoms with Crippen LogP contribution in [0.2, 0.25) is 0 Å². The number of hydrogen-bond acceptors (Lipinski definition) is 2. The molecular formula is C18H31N3. The molecule has 3 rings (SSSR count). The summed E-state index contributed by atoms with van der Waals surface area (Å²) in [7, 11) is 2.13. The summed E-state index contributed by atoms with van der Waals surface area (Å²) >= 11 is 0. The van der Waals surface area contributed by atoms with Crippen molar-refractivity contribution in [3.05, 3.63) is 18.0 Å². The monoisotopic (exact) mass is 289 g/mol. The third kappa shape index (κ3) is 3.03. The Bertz CT molecular complexity index is 449. The van der Waals surface area contributed by atoms with Gasteiger partial charge in [-0.2, -0.15) is 5.10 Å². The highest BCUT2D eigenvalue weighted by molar-refractivity contribution is 5.05. The van der Waals surface area contributed by atoms with Gasteiger partial charge in [-0.15, -0.1) is 0 Å². The highest BCUT2D eigenvalue weighted by Crippen LogP contribution is 2.49. The molecule has 3 heteroatoms. The predicted molar refractivity (Wildman–Crippen MR) is 87.3 cm³/mol. The van der Waals surface area contributed by atoms with E-state index >= 15 is 0 Å². The highest BCUT2D eigenvalue weighted by atomic mass is 15.3. The zero-order chi connectivity index (χ0) is 14.8. The normalized spacial score (nSPS) is 29.4. The minimum atomic E-state index is 0.564. The summed E-state index contributed by atoms with van der Waals surface area (Å²) in [5.74, 6) is 2.89. The van der Waals surface area contributed by atoms with Gasteiger partial charge in [0.15, 0.2) is 0 Å². The average Bonchev–Trinajstić information content (AvgIpc) is 3.22. The van der Waals surface area contributed by atoms with E-state index in [9.17, 15) is 0 Å². The van der Waals surface area contributed by atoms with E-state index in [1.807, 2.05) is 0 Å². The first-order valence-corrected chi connectivity index (χ1v) is 8.96. The Labute approximate surface area is 129 Å². The Morgan fingerprint density at radius 2 is 2.10 bits per heavy atom. The van der Waals surface area contributed by atoms with Gasteiger partial charge in [-0.1, -0.05) is 20.3 Å². The zero-order valence-electron chi connectivity index (χ0n) is 13.9. The third-order valence-corrected chi connectivity index (χ3v) is 6.09. The van der Waals surface area contributed by atoms with E-state index in [1.54, 1.807) is 0 Å². The molecule has 2 bridgehead atoms. The largest absolute Gasteiger partial charge is 0.316 e. The number of fused-ring (bicyclic) bond motifs is 2. The fraction of sp³-hybridized carbons (Fsp3) is 0.833. The molecule has 1 heterocycles. The van der Waals surface area contributed by atoms with Crippen molar-refractivity contribution in [1.82, 2.24) is 15.1 Å². The molecule has 0 amide bonds. The van der Waals surface area contributed by atoms with Crippen molar-refractivity contribution >= 4 is 0 Å². The average molecular weight is 289 g/mol. The van der Waals surface area contributed by atoms with Crippen LogP contribution in [0.1, 0.15) is 64.1 Å². The number of aromatic nitrogens is 2. The summed E-state index contributed by atoms with van der Waals surface area (Å²) in [6, 6.07) is 3.41. The van der Waals surface area contributed by atoms with Crippen LogP contribution in [-0.2, 0) is 6.42 Å². The van der Waals surface area contributed by atoms with E-state index in [0.29, 0.717) is 12.1 Å². The first kappa shape index (κ1) is 15.1. The quantitative estimate of drug-likeness (QED) is 0.827. The third-order valence-electron chi connectivity index (χ3n) is 6.09. The Hall–Kier alpha value is -0.830. The van der Waals surface area contributed by atoms with E-state index in [-0.39, 0.29) is 0 Å². The van der Waals surface area contributed by atoms with Gasteiger partial charge in [0.1, 0.15) is 0 Å². The van der Waals surface area contributed by atoms with Crippen LogP contribution < -0.4 is 5.32 Å². The van der Waals surface area contributed by atoms with E-state index < -0.39 is 0 Å². The molecule has 2 fully saturated rings. The van der Waals surface area contributed by atoms with E-state index in [1.165, 1.54) is 44.2 Å². The minimum absolute atomic E-state index is 0.564. The fourth-order valence-electron chi connectivity index (χ4n) is 4.83. The summed E-state index contributed by atoms with van der Waals surface area (Å²) in [5.41, 5.74) is 1.27. The second-order valence-corrected chi connectivity index (χ2v) is 7.20. The van der Waals surface area contributed by atoms with Gasteiger partial charge in [0.2, 0.25) is 0 Å². The lowest BCUT2D eigenvalue weighted by molar-refractivity contribution is 0.254. The molecule has 3 nitrogen and oxygen atoms in total. The highest BCUT2D eigenvalue weighted by Gasteiger charge is 2.42. The lowest BCUT2D eigenvalue weighted by Crippen LogP contribution is -2.38. The van der Waals surface area contributed by atoms with Gasteiger partial charge >= 0.3 is 0 Å². The predicted octanol–water partition coefficient (Wildman–Crippen LogP) is 3.81. The maximum Gasteiger partial charge on any atom is 0.0640 e. The van der Waals surface area contributed by atoms with Crippen LogP contribution in [0.4, 0.5) is 0 Å². The smallest absolute Gasteiger partial charge is 0.0640 e. The molecule has 0 radical (unpaired) electrons. The Kier molecular flexibility index (Phi) is 4.68. The van der Waals surface area contributed by atoms with Crippen LogP contribution in [0.15, 0.2) is 12.3 Å². The molecule has 2 aliphatic carbocycles. The van der Waals surface area contributed by atoms with E-state index in [4.69, 9.17) is 5.10 Å². The topological polar surface area (TPSA) is 29.9 Å². The summed E-state index contributed by atoms with van der Waals surface area (Å²) in [6.07, 6.45) is 11.5. The van der Waals surface area contributed by atoms with Gasteiger partial charge in [-0.05, 0) is 63.0 Å². The van der Waals surface area contributed by atoms with Crippen molar-refractivity contribution < 1.29 is 0 Å². The molecular weight excluding hydrogens is 258 g/mol. The van der Waals surface area contributed by atoms with Crippen molar-refractivity contribution in [2.45, 2.75) is 70.9 Å². The first-order valence-electron chi connectivity index (χ1n) is 8.96. The van der Waals surface area contributed by atoms with Gasteiger partial charge in [0.25, 0.3) is 0 Å². The number of hydrogen-bond donors (Lipinski definition) is 1. The molecule has 1 aromatic heterocycles. The molecule has 4 unspecified atom stereocenters. The summed E-state index contributed by atoms with van der Waals surface area (Å²) < 4.78 is 2.18. The molecule has 0 spiro atoms. The SMILES string of the molecule is CCC(CC)n1ccc(CC(NC)C2CC3CCC2C3)n1. The summed E-state index contributed by atoms with van der Waals surface area (Å²) in [5, 5.41) is 8.44. The van der Waals surface area contributed by atoms with Gasteiger partial charge in [-0.25, -0.2) is 0 Å². The van der Waals surface area contributed by atoms with Crippen molar-refractivity contribution in [3.8, 4) is 0 Å². The molecule has 1 N–H and O–H groups in total. The molecule has 0 saturated heterocycles. The summed E-state index contributed by atoms with van der Waals surface area (Å²) in [6.45, 7) is 4.50. The Morgan fingerprint density at radius 1 is 1.29 bits per heavy atom. The molecule has 1 aromatic rings. The molecule has 2 aliphatic rings. The summed E-state index contributed by atoms with van der Waals surface area (Å²) in [4.78, 5) is 0. The number of rotatable bonds is 7. The van der Waals surface area contributed by atoms with Crippen LogP contribution in [0.3, 0.4) is 0 Å². The van der Waals surface area contributed by atoms with Crippen molar-refractivity contribution in [2.24, 2.45) is 17.8 Å². The molecule has 0 aromatic carbocycles. The number of nitrogens with zero attached hydrogens (tertiary/aromatic N) is 2. The second kappa shape index (κ2) is 6.51. The van der Waals surface area contributed by atoms with Gasteiger partial charge in [0.05, 0.1) is 11.7 Å². The fourth-order valence-corrected chi connectivity index (χ4v) is 4.83. The maximum absolute atomic E-state index is 4.85. The Morgan fingerprint density at radius 3 is 2.67 bits per heavy atom. The van der Waals surface area contributed by atoms with Crippen LogP contribution in [0, 0.1) is 17.8 Å². The van der Waals surface area contributed by atoms with Crippen LogP contribution in [0.5, 0.6) is 0 Å². The maximum atomic E-state index is 4.85. The van der Waals surface area contributed by atoms with Crippen molar-refractivity contribution in [3.63, 3.8) is 0 Å². The zero-order valence-corrected chi connectivity index (χ0v) is 13.9. The lowest BCUT2D eigenvalue weighted by Gasteiger charge is -2.30. The van der Waals surface area contributed by atoms with Gasteiger partial charge in [-0.3, -0.25) is 4.68 Å². The molecule has 0 aliphatic heterocycles. The second-order valence-electron chi connectivity index (χ2n) is 7.20. The lowest BCUT2D eigenvalue weighted by atomic mass is 9.81. The first-order chi connectivity index (χ1) is 10.2. The number of nitrogens with one attached hydrogen (secondary N) is 1. The van der Waals surface area contributed by atoms with E-state index in [0.717, 1.165) is 24.2 Å². The molecule has 21 heavy (non-hydrogen) atoms. The van der Waals surface area contributed by atoms with Gasteiger partial charge in [0, 0.05) is 18.7 Å². The number of likely N-dealkylation sites (N-methyl/N-ethyl adjacent to an activating group) is 1. The van der Waals surface area contributed by atoms with Gasteiger partial charge < -0.3 is 5.32 Å². The molecule has 4 atom stereocenters. The Balaban J connectivity index is 1.64. The van der Waals surface area contributed by atoms with Crippen molar-refractivity contribution in [2.75, 3.05) is 7.05 Å². The van der Waals surface area contributed by atoms with Crippen LogP contribution >= 0.6 is 0 Å². The van der Waals surface area contributed by atoms with E-state index in [2.05, 4.69) is 43.2 Å². The molecule has 118 valence electrons. The van der Waals surface area contributed by atoms with Crippen LogP contribution in [-0.4, -0.2) is 22.9 Å². The van der Waals surface area contributed by atoms with Crippen molar-refractivity contribution in [1.29, 1.82) is 0 Å².